The minimum Gasteiger partial charge on any atom is -0.347 e. The van der Waals surface area contributed by atoms with E-state index in [0.717, 1.165) is 49.5 Å². The zero-order valence-corrected chi connectivity index (χ0v) is 15.3. The van der Waals surface area contributed by atoms with Gasteiger partial charge in [0.1, 0.15) is 0 Å². The number of carbonyl (C=O) groups is 1. The van der Waals surface area contributed by atoms with Crippen LogP contribution in [0.1, 0.15) is 56.9 Å². The average Bonchev–Trinajstić information content (AvgIpc) is 2.44. The number of rotatable bonds is 8. The van der Waals surface area contributed by atoms with E-state index >= 15 is 0 Å². The Morgan fingerprint density at radius 3 is 2.32 bits per heavy atom. The van der Waals surface area contributed by atoms with E-state index in [1.165, 1.54) is 12.0 Å². The van der Waals surface area contributed by atoms with E-state index in [-0.39, 0.29) is 23.9 Å². The molecule has 3 nitrogen and oxygen atoms in total. The average molecular weight is 390 g/mol. The highest BCUT2D eigenvalue weighted by Crippen LogP contribution is 2.41. The van der Waals surface area contributed by atoms with Crippen molar-refractivity contribution in [1.82, 2.24) is 5.32 Å². The van der Waals surface area contributed by atoms with Crippen LogP contribution in [0.5, 0.6) is 0 Å². The molecule has 0 bridgehead atoms. The molecule has 1 aliphatic rings. The molecule has 1 saturated carbocycles. The number of nitrogens with two attached hydrogens (primary N) is 1. The molecule has 22 heavy (non-hydrogen) atoms. The van der Waals surface area contributed by atoms with Crippen molar-refractivity contribution in [3.8, 4) is 0 Å². The van der Waals surface area contributed by atoms with Gasteiger partial charge >= 0.3 is 0 Å². The summed E-state index contributed by atoms with van der Waals surface area (Å²) in [6, 6.07) is 8.33. The Morgan fingerprint density at radius 2 is 1.77 bits per heavy atom. The molecule has 1 fully saturated rings. The quantitative estimate of drug-likeness (QED) is 0.652. The lowest BCUT2D eigenvalue weighted by molar-refractivity contribution is -0.124. The Morgan fingerprint density at radius 1 is 1.14 bits per heavy atom. The van der Waals surface area contributed by atoms with Crippen LogP contribution in [-0.4, -0.2) is 12.5 Å². The summed E-state index contributed by atoms with van der Waals surface area (Å²) in [6.45, 7) is 0.749. The lowest BCUT2D eigenvalue weighted by Crippen LogP contribution is -2.50. The zero-order valence-electron chi connectivity index (χ0n) is 12.9. The van der Waals surface area contributed by atoms with Gasteiger partial charge in [-0.15, -0.1) is 12.4 Å². The third-order valence-corrected chi connectivity index (χ3v) is 4.87. The molecule has 1 amide bonds. The molecule has 0 saturated heterocycles. The van der Waals surface area contributed by atoms with Crippen molar-refractivity contribution in [3.63, 3.8) is 0 Å². The molecule has 0 radical (unpaired) electrons. The first-order valence-corrected chi connectivity index (χ1v) is 8.73. The summed E-state index contributed by atoms with van der Waals surface area (Å²) in [4.78, 5) is 12.2. The normalized spacial score (nSPS) is 15.5. The smallest absolute Gasteiger partial charge is 0.220 e. The first-order valence-electron chi connectivity index (χ1n) is 7.93. The molecule has 3 N–H and O–H groups in total. The molecule has 124 valence electrons. The summed E-state index contributed by atoms with van der Waals surface area (Å²) in [7, 11) is 0. The molecule has 0 heterocycles. The fourth-order valence-electron chi connectivity index (χ4n) is 2.90. The minimum atomic E-state index is -0.116. The Labute approximate surface area is 148 Å². The molecule has 0 atom stereocenters. The lowest BCUT2D eigenvalue weighted by Gasteiger charge is -2.43. The van der Waals surface area contributed by atoms with Crippen LogP contribution in [0.15, 0.2) is 28.7 Å². The van der Waals surface area contributed by atoms with Crippen LogP contribution in [0, 0.1) is 0 Å². The number of hydrogen-bond donors (Lipinski definition) is 2. The van der Waals surface area contributed by atoms with Crippen LogP contribution in [0.2, 0.25) is 0 Å². The highest BCUT2D eigenvalue weighted by molar-refractivity contribution is 9.10. The minimum absolute atomic E-state index is 0. The third kappa shape index (κ3) is 5.25. The molecule has 1 aromatic rings. The van der Waals surface area contributed by atoms with Crippen LogP contribution < -0.4 is 11.1 Å². The second-order valence-corrected chi connectivity index (χ2v) is 6.86. The zero-order chi connectivity index (χ0) is 15.1. The van der Waals surface area contributed by atoms with Gasteiger partial charge in [-0.1, -0.05) is 40.9 Å². The van der Waals surface area contributed by atoms with Crippen molar-refractivity contribution in [2.75, 3.05) is 6.54 Å². The van der Waals surface area contributed by atoms with Crippen LogP contribution in [0.4, 0.5) is 0 Å². The second kappa shape index (κ2) is 9.53. The maximum Gasteiger partial charge on any atom is 0.220 e. The van der Waals surface area contributed by atoms with Crippen molar-refractivity contribution in [2.24, 2.45) is 5.73 Å². The molecule has 0 aromatic heterocycles. The monoisotopic (exact) mass is 388 g/mol. The van der Waals surface area contributed by atoms with Gasteiger partial charge in [0.25, 0.3) is 0 Å². The first-order chi connectivity index (χ1) is 10.2. The van der Waals surface area contributed by atoms with Gasteiger partial charge in [0, 0.05) is 10.9 Å². The molecular formula is C17H26BrClN2O. The van der Waals surface area contributed by atoms with E-state index in [9.17, 15) is 4.79 Å². The number of hydrogen-bond acceptors (Lipinski definition) is 2. The van der Waals surface area contributed by atoms with Crippen molar-refractivity contribution in [2.45, 2.75) is 56.9 Å². The Kier molecular flexibility index (Phi) is 8.44. The summed E-state index contributed by atoms with van der Waals surface area (Å²) in [6.07, 6.45) is 8.15. The van der Waals surface area contributed by atoms with Gasteiger partial charge in [0.15, 0.2) is 0 Å². The largest absolute Gasteiger partial charge is 0.347 e. The maximum absolute atomic E-state index is 12.2. The first kappa shape index (κ1) is 19.5. The van der Waals surface area contributed by atoms with E-state index in [4.69, 9.17) is 5.73 Å². The summed E-state index contributed by atoms with van der Waals surface area (Å²) in [5.74, 6) is 0.186. The van der Waals surface area contributed by atoms with Crippen LogP contribution in [0.3, 0.4) is 0 Å². The number of carbonyl (C=O) groups excluding carboxylic acids is 1. The van der Waals surface area contributed by atoms with Gasteiger partial charge in [-0.05, 0) is 56.3 Å². The molecule has 2 rings (SSSR count). The molecule has 0 unspecified atom stereocenters. The fourth-order valence-corrected chi connectivity index (χ4v) is 3.16. The Bertz CT molecular complexity index is 460. The van der Waals surface area contributed by atoms with Gasteiger partial charge in [-0.25, -0.2) is 0 Å². The van der Waals surface area contributed by atoms with Gasteiger partial charge in [0.05, 0.1) is 5.54 Å². The SMILES string of the molecule is Cl.NCCCCCCC(=O)NC1(c2ccc(Br)cc2)CCC1. The number of halogens is 2. The molecule has 0 aliphatic heterocycles. The second-order valence-electron chi connectivity index (χ2n) is 5.94. The van der Waals surface area contributed by atoms with Crippen molar-refractivity contribution < 1.29 is 4.79 Å². The van der Waals surface area contributed by atoms with Crippen molar-refractivity contribution in [3.05, 3.63) is 34.3 Å². The van der Waals surface area contributed by atoms with Gasteiger partial charge < -0.3 is 11.1 Å². The Hall–Kier alpha value is -0.580. The number of amides is 1. The number of benzene rings is 1. The standard InChI is InChI=1S/C17H25BrN2O.ClH/c18-15-9-7-14(8-10-15)17(11-5-12-17)20-16(21)6-3-1-2-4-13-19;/h7-10H,1-6,11-13,19H2,(H,20,21);1H. The van der Waals surface area contributed by atoms with E-state index in [2.05, 4.69) is 33.4 Å². The van der Waals surface area contributed by atoms with Crippen molar-refractivity contribution >= 4 is 34.2 Å². The predicted octanol–water partition coefficient (Wildman–Crippen LogP) is 4.28. The van der Waals surface area contributed by atoms with E-state index < -0.39 is 0 Å². The van der Waals surface area contributed by atoms with E-state index in [1.807, 2.05) is 12.1 Å². The van der Waals surface area contributed by atoms with Gasteiger partial charge in [0.2, 0.25) is 5.91 Å². The highest BCUT2D eigenvalue weighted by Gasteiger charge is 2.39. The predicted molar refractivity (Wildman–Crippen MR) is 97.2 cm³/mol. The highest BCUT2D eigenvalue weighted by atomic mass is 79.9. The van der Waals surface area contributed by atoms with Gasteiger partial charge in [-0.2, -0.15) is 0 Å². The molecule has 1 aromatic carbocycles. The summed E-state index contributed by atoms with van der Waals surface area (Å²) < 4.78 is 1.08. The van der Waals surface area contributed by atoms with Crippen LogP contribution in [-0.2, 0) is 10.3 Å². The van der Waals surface area contributed by atoms with Crippen molar-refractivity contribution in [1.29, 1.82) is 0 Å². The van der Waals surface area contributed by atoms with E-state index in [1.54, 1.807) is 0 Å². The fraction of sp³-hybridized carbons (Fsp3) is 0.588. The van der Waals surface area contributed by atoms with Crippen LogP contribution in [0.25, 0.3) is 0 Å². The number of nitrogens with one attached hydrogen (secondary N) is 1. The molecule has 5 heteroatoms. The molecular weight excluding hydrogens is 364 g/mol. The van der Waals surface area contributed by atoms with E-state index in [0.29, 0.717) is 6.42 Å². The van der Waals surface area contributed by atoms with Gasteiger partial charge in [-0.3, -0.25) is 4.79 Å². The third-order valence-electron chi connectivity index (χ3n) is 4.34. The topological polar surface area (TPSA) is 55.1 Å². The summed E-state index contributed by atoms with van der Waals surface area (Å²) in [5.41, 5.74) is 6.59. The molecule has 0 spiro atoms. The number of unbranched alkanes of at least 4 members (excludes halogenated alkanes) is 3. The Balaban J connectivity index is 0.00000242. The van der Waals surface area contributed by atoms with Crippen LogP contribution >= 0.6 is 28.3 Å². The maximum atomic E-state index is 12.2. The summed E-state index contributed by atoms with van der Waals surface area (Å²) >= 11 is 3.46. The summed E-state index contributed by atoms with van der Waals surface area (Å²) in [5, 5.41) is 3.28. The lowest BCUT2D eigenvalue weighted by atomic mass is 9.71. The molecule has 1 aliphatic carbocycles.